The first-order valence-electron chi connectivity index (χ1n) is 7.93. The molecule has 0 aromatic carbocycles. The number of rotatable bonds is 4. The Morgan fingerprint density at radius 3 is 2.65 bits per heavy atom. The van der Waals surface area contributed by atoms with Crippen LogP contribution >= 0.6 is 0 Å². The molecule has 1 fully saturated rings. The zero-order chi connectivity index (χ0) is 19.5. The molecule has 1 amide bonds. The number of hydrogen-bond acceptors (Lipinski definition) is 8. The van der Waals surface area contributed by atoms with Crippen molar-refractivity contribution in [2.24, 2.45) is 0 Å². The zero-order valence-electron chi connectivity index (χ0n) is 15.1. The summed E-state index contributed by atoms with van der Waals surface area (Å²) in [5, 5.41) is 11.1. The van der Waals surface area contributed by atoms with Crippen molar-refractivity contribution in [2.75, 3.05) is 20.2 Å². The van der Waals surface area contributed by atoms with Gasteiger partial charge in [0.05, 0.1) is 13.7 Å². The molecule has 10 heteroatoms. The van der Waals surface area contributed by atoms with E-state index in [9.17, 15) is 19.7 Å². The highest BCUT2D eigenvalue weighted by atomic mass is 16.6. The minimum absolute atomic E-state index is 0.102. The Bertz CT molecular complexity index is 716. The van der Waals surface area contributed by atoms with Crippen molar-refractivity contribution in [1.29, 1.82) is 0 Å². The first kappa shape index (κ1) is 19.4. The molecule has 10 nitrogen and oxygen atoms in total. The summed E-state index contributed by atoms with van der Waals surface area (Å²) >= 11 is 0. The highest BCUT2D eigenvalue weighted by molar-refractivity contribution is 5.82. The number of carbonyl (C=O) groups excluding carboxylic acids is 2. The average Bonchev–Trinajstić information content (AvgIpc) is 2.98. The second kappa shape index (κ2) is 7.14. The van der Waals surface area contributed by atoms with Gasteiger partial charge in [0.2, 0.25) is 11.4 Å². The number of ether oxygens (including phenoxy) is 3. The molecular formula is C16H21N3O7. The molecule has 142 valence electrons. The van der Waals surface area contributed by atoms with E-state index >= 15 is 0 Å². The number of hydrogen-bond donors (Lipinski definition) is 0. The van der Waals surface area contributed by atoms with Crippen molar-refractivity contribution in [3.63, 3.8) is 0 Å². The maximum Gasteiger partial charge on any atom is 0.410 e. The molecule has 1 aliphatic rings. The normalized spacial score (nSPS) is 19.8. The van der Waals surface area contributed by atoms with Crippen LogP contribution in [0.25, 0.3) is 0 Å². The minimum atomic E-state index is -1.57. The zero-order valence-corrected chi connectivity index (χ0v) is 15.1. The minimum Gasteiger partial charge on any atom is -0.466 e. The molecule has 26 heavy (non-hydrogen) atoms. The van der Waals surface area contributed by atoms with E-state index in [-0.39, 0.29) is 25.3 Å². The largest absolute Gasteiger partial charge is 0.466 e. The van der Waals surface area contributed by atoms with E-state index in [1.54, 1.807) is 20.8 Å². The number of amides is 1. The number of aromatic nitrogens is 1. The third-order valence-corrected chi connectivity index (χ3v) is 3.67. The van der Waals surface area contributed by atoms with Gasteiger partial charge in [-0.05, 0) is 42.8 Å². The topological polar surface area (TPSA) is 121 Å². The lowest BCUT2D eigenvalue weighted by Crippen LogP contribution is -2.49. The van der Waals surface area contributed by atoms with Crippen molar-refractivity contribution >= 4 is 17.9 Å². The van der Waals surface area contributed by atoms with Gasteiger partial charge in [0.25, 0.3) is 0 Å². The first-order valence-corrected chi connectivity index (χ1v) is 7.93. The number of likely N-dealkylation sites (tertiary alicyclic amines) is 1. The Labute approximate surface area is 150 Å². The Morgan fingerprint density at radius 2 is 2.08 bits per heavy atom. The van der Waals surface area contributed by atoms with E-state index in [0.29, 0.717) is 0 Å². The second-order valence-electron chi connectivity index (χ2n) is 6.82. The van der Waals surface area contributed by atoms with Gasteiger partial charge in [0.15, 0.2) is 0 Å². The van der Waals surface area contributed by atoms with Crippen LogP contribution in [0, 0.1) is 10.1 Å². The van der Waals surface area contributed by atoms with Crippen molar-refractivity contribution in [2.45, 2.75) is 38.4 Å². The molecule has 0 radical (unpaired) electrons. The molecule has 1 atom stereocenters. The molecule has 0 N–H and O–H groups in total. The molecular weight excluding hydrogens is 346 g/mol. The van der Waals surface area contributed by atoms with Crippen LogP contribution in [0.15, 0.2) is 18.3 Å². The number of nitro groups is 1. The van der Waals surface area contributed by atoms with E-state index in [2.05, 4.69) is 4.98 Å². The summed E-state index contributed by atoms with van der Waals surface area (Å²) in [7, 11) is 1.18. The maximum absolute atomic E-state index is 12.4. The molecule has 2 rings (SSSR count). The van der Waals surface area contributed by atoms with E-state index in [1.165, 1.54) is 30.3 Å². The highest BCUT2D eigenvalue weighted by Crippen LogP contribution is 2.34. The van der Waals surface area contributed by atoms with Crippen molar-refractivity contribution < 1.29 is 28.7 Å². The molecule has 1 aromatic rings. The molecule has 0 bridgehead atoms. The lowest BCUT2D eigenvalue weighted by molar-refractivity contribution is -0.390. The van der Waals surface area contributed by atoms with Crippen LogP contribution in [0.3, 0.4) is 0 Å². The fourth-order valence-electron chi connectivity index (χ4n) is 2.55. The van der Waals surface area contributed by atoms with Gasteiger partial charge in [-0.1, -0.05) is 0 Å². The van der Waals surface area contributed by atoms with Gasteiger partial charge < -0.3 is 29.2 Å². The van der Waals surface area contributed by atoms with Crippen LogP contribution in [-0.2, 0) is 14.3 Å². The Morgan fingerprint density at radius 1 is 1.38 bits per heavy atom. The average molecular weight is 367 g/mol. The lowest BCUT2D eigenvalue weighted by Gasteiger charge is -2.28. The van der Waals surface area contributed by atoms with Gasteiger partial charge in [-0.15, -0.1) is 0 Å². The van der Waals surface area contributed by atoms with Crippen LogP contribution in [0.1, 0.15) is 27.2 Å². The third kappa shape index (κ3) is 4.19. The molecule has 1 saturated heterocycles. The van der Waals surface area contributed by atoms with Gasteiger partial charge in [-0.2, -0.15) is 0 Å². The van der Waals surface area contributed by atoms with Gasteiger partial charge in [-0.3, -0.25) is 0 Å². The molecule has 0 aliphatic carbocycles. The standard InChI is InChI=1S/C16H21N3O7/c1-15(2,3)26-14(21)18-9-7-16(10-18,13(20)24-4)25-11-6-5-8-17-12(11)19(22)23/h5-6,8H,7,9-10H2,1-4H3. The number of esters is 1. The van der Waals surface area contributed by atoms with E-state index in [0.717, 1.165) is 0 Å². The molecule has 0 spiro atoms. The summed E-state index contributed by atoms with van der Waals surface area (Å²) in [4.78, 5) is 40.0. The van der Waals surface area contributed by atoms with Gasteiger partial charge in [0.1, 0.15) is 11.8 Å². The maximum atomic E-state index is 12.4. The predicted molar refractivity (Wildman–Crippen MR) is 88.7 cm³/mol. The van der Waals surface area contributed by atoms with Crippen molar-refractivity contribution in [3.8, 4) is 5.75 Å². The van der Waals surface area contributed by atoms with Crippen LogP contribution in [0.5, 0.6) is 5.75 Å². The smallest absolute Gasteiger partial charge is 0.410 e. The summed E-state index contributed by atoms with van der Waals surface area (Å²) < 4.78 is 15.8. The second-order valence-corrected chi connectivity index (χ2v) is 6.82. The molecule has 1 aromatic heterocycles. The summed E-state index contributed by atoms with van der Waals surface area (Å²) in [6.07, 6.45) is 0.746. The number of methoxy groups -OCH3 is 1. The fourth-order valence-corrected chi connectivity index (χ4v) is 2.55. The summed E-state index contributed by atoms with van der Waals surface area (Å²) in [5.74, 6) is -1.43. The molecule has 2 heterocycles. The SMILES string of the molecule is COC(=O)C1(Oc2cccnc2[N+](=O)[O-])CCN(C(=O)OC(C)(C)C)C1. The van der Waals surface area contributed by atoms with Crippen LogP contribution in [0.4, 0.5) is 10.6 Å². The van der Waals surface area contributed by atoms with Gasteiger partial charge in [0, 0.05) is 13.0 Å². The Balaban J connectivity index is 2.28. The predicted octanol–water partition coefficient (Wildman–Crippen LogP) is 1.92. The van der Waals surface area contributed by atoms with E-state index in [1.807, 2.05) is 0 Å². The molecule has 1 unspecified atom stereocenters. The molecule has 0 saturated carbocycles. The van der Waals surface area contributed by atoms with Crippen LogP contribution < -0.4 is 4.74 Å². The quantitative estimate of drug-likeness (QED) is 0.449. The summed E-state index contributed by atoms with van der Waals surface area (Å²) in [5.41, 5.74) is -2.27. The third-order valence-electron chi connectivity index (χ3n) is 3.67. The first-order chi connectivity index (χ1) is 12.1. The van der Waals surface area contributed by atoms with Crippen molar-refractivity contribution in [3.05, 3.63) is 28.4 Å². The number of nitrogens with zero attached hydrogens (tertiary/aromatic N) is 3. The summed E-state index contributed by atoms with van der Waals surface area (Å²) in [6.45, 7) is 5.21. The van der Waals surface area contributed by atoms with E-state index < -0.39 is 34.0 Å². The van der Waals surface area contributed by atoms with Crippen molar-refractivity contribution in [1.82, 2.24) is 9.88 Å². The summed E-state index contributed by atoms with van der Waals surface area (Å²) in [6, 6.07) is 2.79. The highest BCUT2D eigenvalue weighted by Gasteiger charge is 2.51. The number of carbonyl (C=O) groups is 2. The monoisotopic (exact) mass is 367 g/mol. The lowest BCUT2D eigenvalue weighted by atomic mass is 10.0. The Hall–Kier alpha value is -2.91. The van der Waals surface area contributed by atoms with Crippen LogP contribution in [0.2, 0.25) is 0 Å². The van der Waals surface area contributed by atoms with E-state index in [4.69, 9.17) is 14.2 Å². The number of pyridine rings is 1. The van der Waals surface area contributed by atoms with Gasteiger partial charge >= 0.3 is 17.9 Å². The van der Waals surface area contributed by atoms with Crippen LogP contribution in [-0.4, -0.2) is 58.3 Å². The Kier molecular flexibility index (Phi) is 5.33. The molecule has 1 aliphatic heterocycles. The van der Waals surface area contributed by atoms with Gasteiger partial charge in [-0.25, -0.2) is 9.59 Å². The fraction of sp³-hybridized carbons (Fsp3) is 0.562.